The summed E-state index contributed by atoms with van der Waals surface area (Å²) in [5.74, 6) is -0.150. The summed E-state index contributed by atoms with van der Waals surface area (Å²) in [5, 5.41) is 8.39. The Labute approximate surface area is 151 Å². The summed E-state index contributed by atoms with van der Waals surface area (Å²) < 4.78 is 8.32. The van der Waals surface area contributed by atoms with Gasteiger partial charge in [0.05, 0.1) is 5.39 Å². The minimum Gasteiger partial charge on any atom is -0.385 e. The van der Waals surface area contributed by atoms with Gasteiger partial charge in [0, 0.05) is 37.2 Å². The number of carbonyl (C=O) groups excluding carboxylic acids is 1. The van der Waals surface area contributed by atoms with Crippen molar-refractivity contribution in [2.45, 2.75) is 33.4 Å². The van der Waals surface area contributed by atoms with Crippen LogP contribution >= 0.6 is 0 Å². The lowest BCUT2D eigenvalue weighted by Crippen LogP contribution is -2.28. The zero-order valence-corrected chi connectivity index (χ0v) is 15.2. The first-order valence-corrected chi connectivity index (χ1v) is 8.54. The van der Waals surface area contributed by atoms with E-state index < -0.39 is 0 Å². The monoisotopic (exact) mass is 354 g/mol. The van der Waals surface area contributed by atoms with Crippen molar-refractivity contribution < 1.29 is 9.53 Å². The van der Waals surface area contributed by atoms with Crippen LogP contribution in [0.2, 0.25) is 0 Å². The van der Waals surface area contributed by atoms with Crippen molar-refractivity contribution in [2.75, 3.05) is 13.7 Å². The van der Waals surface area contributed by atoms with E-state index in [-0.39, 0.29) is 17.9 Å². The maximum absolute atomic E-state index is 12.8. The Balaban J connectivity index is 1.86. The fourth-order valence-corrected chi connectivity index (χ4v) is 3.14. The van der Waals surface area contributed by atoms with Crippen LogP contribution in [-0.4, -0.2) is 39.1 Å². The van der Waals surface area contributed by atoms with Crippen LogP contribution < -0.4 is 5.56 Å². The van der Waals surface area contributed by atoms with Gasteiger partial charge in [-0.2, -0.15) is 0 Å². The maximum atomic E-state index is 12.8. The molecule has 0 aliphatic rings. The Morgan fingerprint density at radius 1 is 1.23 bits per heavy atom. The van der Waals surface area contributed by atoms with Gasteiger partial charge >= 0.3 is 0 Å². The van der Waals surface area contributed by atoms with Crippen LogP contribution in [0.4, 0.5) is 0 Å². The predicted molar refractivity (Wildman–Crippen MR) is 98.5 cm³/mol. The lowest BCUT2D eigenvalue weighted by atomic mass is 10.1. The highest BCUT2D eigenvalue weighted by Crippen LogP contribution is 2.17. The average Bonchev–Trinajstić information content (AvgIpc) is 2.92. The third-order valence-corrected chi connectivity index (χ3v) is 4.53. The standard InChI is InChI=1S/C19H22N4O3/c1-13-11-16(14(2)22(13)9-6-10-26-3)18(24)12-23-19(25)15-7-4-5-8-17(15)20-21-23/h4-5,7-8,11H,6,9-10,12H2,1-3H3. The molecule has 1 aromatic carbocycles. The fraction of sp³-hybridized carbons (Fsp3) is 0.368. The molecule has 0 N–H and O–H groups in total. The van der Waals surface area contributed by atoms with Gasteiger partial charge in [-0.25, -0.2) is 4.68 Å². The molecule has 7 nitrogen and oxygen atoms in total. The Morgan fingerprint density at radius 3 is 2.77 bits per heavy atom. The van der Waals surface area contributed by atoms with Gasteiger partial charge in [0.2, 0.25) is 0 Å². The summed E-state index contributed by atoms with van der Waals surface area (Å²) in [7, 11) is 1.67. The van der Waals surface area contributed by atoms with Crippen LogP contribution in [0.1, 0.15) is 28.2 Å². The van der Waals surface area contributed by atoms with Crippen LogP contribution in [0.5, 0.6) is 0 Å². The molecule has 0 unspecified atom stereocenters. The second-order valence-electron chi connectivity index (χ2n) is 6.28. The first-order chi connectivity index (χ1) is 12.5. The second kappa shape index (κ2) is 7.61. The first-order valence-electron chi connectivity index (χ1n) is 8.54. The number of benzene rings is 1. The molecular formula is C19H22N4O3. The van der Waals surface area contributed by atoms with Crippen molar-refractivity contribution in [1.29, 1.82) is 0 Å². The van der Waals surface area contributed by atoms with Crippen molar-refractivity contribution in [3.63, 3.8) is 0 Å². The lowest BCUT2D eigenvalue weighted by molar-refractivity contribution is 0.0964. The molecule has 0 saturated heterocycles. The van der Waals surface area contributed by atoms with Gasteiger partial charge in [-0.05, 0) is 38.5 Å². The Morgan fingerprint density at radius 2 is 2.00 bits per heavy atom. The van der Waals surface area contributed by atoms with Crippen LogP contribution in [0, 0.1) is 13.8 Å². The molecule has 0 spiro atoms. The highest BCUT2D eigenvalue weighted by molar-refractivity contribution is 5.97. The number of rotatable bonds is 7. The molecule has 0 radical (unpaired) electrons. The summed E-state index contributed by atoms with van der Waals surface area (Å²) in [4.78, 5) is 25.3. The number of hydrogen-bond donors (Lipinski definition) is 0. The van der Waals surface area contributed by atoms with E-state index in [0.29, 0.717) is 23.1 Å². The van der Waals surface area contributed by atoms with Crippen LogP contribution in [0.15, 0.2) is 35.1 Å². The normalized spacial score (nSPS) is 11.2. The van der Waals surface area contributed by atoms with Crippen molar-refractivity contribution in [2.24, 2.45) is 0 Å². The molecule has 3 aromatic rings. The molecule has 7 heteroatoms. The van der Waals surface area contributed by atoms with Crippen LogP contribution in [-0.2, 0) is 17.8 Å². The minimum atomic E-state index is -0.308. The van der Waals surface area contributed by atoms with E-state index in [0.717, 1.165) is 29.0 Å². The highest BCUT2D eigenvalue weighted by Gasteiger charge is 2.17. The second-order valence-corrected chi connectivity index (χ2v) is 6.28. The molecule has 0 aliphatic carbocycles. The molecule has 0 atom stereocenters. The first kappa shape index (κ1) is 18.0. The molecule has 0 fully saturated rings. The molecule has 136 valence electrons. The van der Waals surface area contributed by atoms with E-state index in [1.165, 1.54) is 0 Å². The maximum Gasteiger partial charge on any atom is 0.278 e. The van der Waals surface area contributed by atoms with E-state index >= 15 is 0 Å². The molecule has 0 aliphatic heterocycles. The van der Waals surface area contributed by atoms with Gasteiger partial charge < -0.3 is 9.30 Å². The van der Waals surface area contributed by atoms with Gasteiger partial charge in [-0.15, -0.1) is 5.10 Å². The number of aryl methyl sites for hydroxylation is 1. The van der Waals surface area contributed by atoms with Gasteiger partial charge in [-0.3, -0.25) is 9.59 Å². The zero-order valence-electron chi connectivity index (χ0n) is 15.2. The SMILES string of the molecule is COCCCn1c(C)cc(C(=O)Cn2nnc3ccccc3c2=O)c1C. The highest BCUT2D eigenvalue weighted by atomic mass is 16.5. The quantitative estimate of drug-likeness (QED) is 0.480. The Hall–Kier alpha value is -2.80. The Bertz CT molecular complexity index is 1000. The summed E-state index contributed by atoms with van der Waals surface area (Å²) in [6.45, 7) is 5.22. The molecule has 0 saturated carbocycles. The molecule has 2 heterocycles. The van der Waals surface area contributed by atoms with Crippen molar-refractivity contribution >= 4 is 16.7 Å². The smallest absolute Gasteiger partial charge is 0.278 e. The van der Waals surface area contributed by atoms with Crippen molar-refractivity contribution in [3.05, 3.63) is 57.6 Å². The molecule has 3 rings (SSSR count). The van der Waals surface area contributed by atoms with Crippen LogP contribution in [0.25, 0.3) is 10.9 Å². The van der Waals surface area contributed by atoms with Gasteiger partial charge in [0.1, 0.15) is 12.1 Å². The summed E-state index contributed by atoms with van der Waals surface area (Å²) >= 11 is 0. The fourth-order valence-electron chi connectivity index (χ4n) is 3.14. The topological polar surface area (TPSA) is 79.0 Å². The van der Waals surface area contributed by atoms with E-state index in [9.17, 15) is 9.59 Å². The van der Waals surface area contributed by atoms with Gasteiger partial charge in [0.15, 0.2) is 5.78 Å². The molecule has 26 heavy (non-hydrogen) atoms. The van der Waals surface area contributed by atoms with E-state index in [2.05, 4.69) is 14.9 Å². The number of fused-ring (bicyclic) bond motifs is 1. The van der Waals surface area contributed by atoms with E-state index in [1.807, 2.05) is 19.9 Å². The average molecular weight is 354 g/mol. The number of carbonyl (C=O) groups is 1. The summed E-state index contributed by atoms with van der Waals surface area (Å²) in [6.07, 6.45) is 0.871. The lowest BCUT2D eigenvalue weighted by Gasteiger charge is -2.09. The van der Waals surface area contributed by atoms with Crippen molar-refractivity contribution in [3.8, 4) is 0 Å². The van der Waals surface area contributed by atoms with E-state index in [4.69, 9.17) is 4.74 Å². The number of ketones is 1. The number of nitrogens with zero attached hydrogens (tertiary/aromatic N) is 4. The number of Topliss-reactive ketones (excluding diaryl/α,β-unsaturated/α-hetero) is 1. The third-order valence-electron chi connectivity index (χ3n) is 4.53. The Kier molecular flexibility index (Phi) is 5.27. The molecule has 0 amide bonds. The number of aromatic nitrogens is 4. The summed E-state index contributed by atoms with van der Waals surface area (Å²) in [5.41, 5.74) is 2.74. The van der Waals surface area contributed by atoms with E-state index in [1.54, 1.807) is 31.4 Å². The zero-order chi connectivity index (χ0) is 18.7. The van der Waals surface area contributed by atoms with Crippen molar-refractivity contribution in [1.82, 2.24) is 19.6 Å². The summed E-state index contributed by atoms with van der Waals surface area (Å²) in [6, 6.07) is 8.85. The van der Waals surface area contributed by atoms with Gasteiger partial charge in [0.25, 0.3) is 5.56 Å². The van der Waals surface area contributed by atoms with Crippen LogP contribution in [0.3, 0.4) is 0 Å². The van der Waals surface area contributed by atoms with Gasteiger partial charge in [-0.1, -0.05) is 17.3 Å². The number of hydrogen-bond acceptors (Lipinski definition) is 5. The molecule has 2 aromatic heterocycles. The molecular weight excluding hydrogens is 332 g/mol. The number of ether oxygens (including phenoxy) is 1. The predicted octanol–water partition coefficient (Wildman–Crippen LogP) is 2.13. The largest absolute Gasteiger partial charge is 0.385 e. The minimum absolute atomic E-state index is 0.126. The molecule has 0 bridgehead atoms. The number of methoxy groups -OCH3 is 1. The third kappa shape index (κ3) is 3.43.